The summed E-state index contributed by atoms with van der Waals surface area (Å²) in [6.45, 7) is 3.04. The molecule has 102 valence electrons. The second-order valence-corrected chi connectivity index (χ2v) is 3.95. The average molecular weight is 264 g/mol. The van der Waals surface area contributed by atoms with E-state index < -0.39 is 23.8 Å². The Hall–Kier alpha value is -2.37. The maximum absolute atomic E-state index is 11.8. The first-order valence-corrected chi connectivity index (χ1v) is 5.82. The number of nitrogens with one attached hydrogen (secondary N) is 1. The highest BCUT2D eigenvalue weighted by Crippen LogP contribution is 2.12. The smallest absolute Gasteiger partial charge is 0.308 e. The van der Waals surface area contributed by atoms with Crippen LogP contribution in [0.1, 0.15) is 30.6 Å². The Morgan fingerprint density at radius 1 is 1.26 bits per heavy atom. The van der Waals surface area contributed by atoms with E-state index in [-0.39, 0.29) is 0 Å². The van der Waals surface area contributed by atoms with E-state index in [1.807, 2.05) is 0 Å². The zero-order chi connectivity index (χ0) is 14.4. The van der Waals surface area contributed by atoms with Crippen molar-refractivity contribution < 1.29 is 19.1 Å². The number of hydrogen-bond acceptors (Lipinski definition) is 4. The quantitative estimate of drug-likeness (QED) is 0.601. The van der Waals surface area contributed by atoms with Gasteiger partial charge in [0.25, 0.3) is 5.91 Å². The number of esters is 1. The first-order chi connectivity index (χ1) is 8.93. The molecule has 3 N–H and O–H groups in total. The summed E-state index contributed by atoms with van der Waals surface area (Å²) in [5, 5.41) is 2.52. The molecule has 19 heavy (non-hydrogen) atoms. The minimum Gasteiger partial charge on any atom is -0.427 e. The number of primary amides is 1. The van der Waals surface area contributed by atoms with Gasteiger partial charge >= 0.3 is 5.97 Å². The molecule has 1 atom stereocenters. The van der Waals surface area contributed by atoms with Crippen molar-refractivity contribution in [1.82, 2.24) is 5.32 Å². The van der Waals surface area contributed by atoms with E-state index in [1.165, 1.54) is 31.2 Å². The Morgan fingerprint density at radius 2 is 1.84 bits per heavy atom. The number of carbonyl (C=O) groups is 3. The highest BCUT2D eigenvalue weighted by Gasteiger charge is 2.16. The van der Waals surface area contributed by atoms with Crippen LogP contribution in [0, 0.1) is 0 Å². The van der Waals surface area contributed by atoms with E-state index in [4.69, 9.17) is 10.5 Å². The van der Waals surface area contributed by atoms with Gasteiger partial charge < -0.3 is 15.8 Å². The van der Waals surface area contributed by atoms with Crippen LogP contribution in [0.2, 0.25) is 0 Å². The van der Waals surface area contributed by atoms with Crippen LogP contribution in [0.4, 0.5) is 0 Å². The van der Waals surface area contributed by atoms with E-state index in [1.54, 1.807) is 6.92 Å². The molecular weight excluding hydrogens is 248 g/mol. The number of nitrogens with two attached hydrogens (primary N) is 1. The van der Waals surface area contributed by atoms with Gasteiger partial charge in [0.15, 0.2) is 0 Å². The van der Waals surface area contributed by atoms with Crippen LogP contribution in [-0.2, 0) is 9.59 Å². The Kier molecular flexibility index (Phi) is 5.05. The Bertz CT molecular complexity index is 482. The van der Waals surface area contributed by atoms with E-state index in [0.29, 0.717) is 17.7 Å². The molecule has 0 aliphatic heterocycles. The van der Waals surface area contributed by atoms with Crippen LogP contribution in [0.25, 0.3) is 0 Å². The monoisotopic (exact) mass is 264 g/mol. The van der Waals surface area contributed by atoms with E-state index in [2.05, 4.69) is 5.32 Å². The fourth-order valence-electron chi connectivity index (χ4n) is 1.46. The van der Waals surface area contributed by atoms with Crippen molar-refractivity contribution in [2.45, 2.75) is 26.3 Å². The lowest BCUT2D eigenvalue weighted by molar-refractivity contribution is -0.131. The summed E-state index contributed by atoms with van der Waals surface area (Å²) >= 11 is 0. The van der Waals surface area contributed by atoms with Crippen molar-refractivity contribution in [2.75, 3.05) is 0 Å². The minimum absolute atomic E-state index is 0.353. The topological polar surface area (TPSA) is 98.5 Å². The summed E-state index contributed by atoms with van der Waals surface area (Å²) < 4.78 is 4.84. The number of hydrogen-bond donors (Lipinski definition) is 2. The van der Waals surface area contributed by atoms with Gasteiger partial charge in [0.05, 0.1) is 0 Å². The van der Waals surface area contributed by atoms with Crippen molar-refractivity contribution in [3.05, 3.63) is 29.8 Å². The normalized spacial score (nSPS) is 11.5. The van der Waals surface area contributed by atoms with E-state index in [9.17, 15) is 14.4 Å². The number of amides is 2. The molecule has 1 aromatic rings. The molecule has 2 amide bonds. The zero-order valence-electron chi connectivity index (χ0n) is 10.8. The third kappa shape index (κ3) is 4.42. The molecule has 1 rings (SSSR count). The van der Waals surface area contributed by atoms with Gasteiger partial charge in [0.1, 0.15) is 11.8 Å². The number of benzene rings is 1. The molecule has 0 fully saturated rings. The average Bonchev–Trinajstić information content (AvgIpc) is 2.35. The molecule has 0 aromatic heterocycles. The first-order valence-electron chi connectivity index (χ1n) is 5.82. The molecule has 0 saturated carbocycles. The predicted octanol–water partition coefficient (Wildman–Crippen LogP) is 0.606. The molecule has 0 aliphatic carbocycles. The molecule has 1 aromatic carbocycles. The number of ether oxygens (including phenoxy) is 1. The van der Waals surface area contributed by atoms with Gasteiger partial charge in [-0.1, -0.05) is 6.92 Å². The maximum atomic E-state index is 11.8. The molecule has 0 spiro atoms. The Labute approximate surface area is 110 Å². The second kappa shape index (κ2) is 6.53. The molecular formula is C13H16N2O4. The Morgan fingerprint density at radius 3 is 2.26 bits per heavy atom. The summed E-state index contributed by atoms with van der Waals surface area (Å²) in [5.74, 6) is -1.06. The van der Waals surface area contributed by atoms with Crippen molar-refractivity contribution in [3.63, 3.8) is 0 Å². The van der Waals surface area contributed by atoms with Gasteiger partial charge in [0.2, 0.25) is 5.91 Å². The molecule has 0 aliphatic rings. The molecule has 0 unspecified atom stereocenters. The van der Waals surface area contributed by atoms with Gasteiger partial charge in [0, 0.05) is 12.5 Å². The van der Waals surface area contributed by atoms with Crippen LogP contribution in [-0.4, -0.2) is 23.8 Å². The standard InChI is InChI=1S/C13H16N2O4/c1-3-11(12(14)17)15-13(18)9-4-6-10(7-5-9)19-8(2)16/h4-7,11H,3H2,1-2H3,(H2,14,17)(H,15,18)/t11-/m0/s1. The second-order valence-electron chi connectivity index (χ2n) is 3.95. The molecule has 6 heteroatoms. The third-order valence-corrected chi connectivity index (χ3v) is 2.44. The summed E-state index contributed by atoms with van der Waals surface area (Å²) in [6, 6.07) is 5.31. The molecule has 0 saturated heterocycles. The highest BCUT2D eigenvalue weighted by atomic mass is 16.5. The van der Waals surface area contributed by atoms with Gasteiger partial charge in [-0.05, 0) is 30.7 Å². The Balaban J connectivity index is 2.72. The van der Waals surface area contributed by atoms with Gasteiger partial charge in [-0.25, -0.2) is 0 Å². The van der Waals surface area contributed by atoms with Crippen molar-refractivity contribution >= 4 is 17.8 Å². The maximum Gasteiger partial charge on any atom is 0.308 e. The van der Waals surface area contributed by atoms with Crippen molar-refractivity contribution in [2.24, 2.45) is 5.73 Å². The van der Waals surface area contributed by atoms with Gasteiger partial charge in [-0.2, -0.15) is 0 Å². The van der Waals surface area contributed by atoms with Crippen molar-refractivity contribution in [3.8, 4) is 5.75 Å². The van der Waals surface area contributed by atoms with Crippen molar-refractivity contribution in [1.29, 1.82) is 0 Å². The van der Waals surface area contributed by atoms with Gasteiger partial charge in [-0.3, -0.25) is 14.4 Å². The summed E-state index contributed by atoms with van der Waals surface area (Å²) in [6.07, 6.45) is 0.423. The lowest BCUT2D eigenvalue weighted by atomic mass is 10.1. The fourth-order valence-corrected chi connectivity index (χ4v) is 1.46. The zero-order valence-corrected chi connectivity index (χ0v) is 10.8. The van der Waals surface area contributed by atoms with Crippen LogP contribution in [0.15, 0.2) is 24.3 Å². The van der Waals surface area contributed by atoms with Crippen LogP contribution < -0.4 is 15.8 Å². The fraction of sp³-hybridized carbons (Fsp3) is 0.308. The predicted molar refractivity (Wildman–Crippen MR) is 68.5 cm³/mol. The van der Waals surface area contributed by atoms with Gasteiger partial charge in [-0.15, -0.1) is 0 Å². The largest absolute Gasteiger partial charge is 0.427 e. The van der Waals surface area contributed by atoms with Crippen LogP contribution in [0.5, 0.6) is 5.75 Å². The molecule has 0 radical (unpaired) electrons. The first kappa shape index (κ1) is 14.7. The van der Waals surface area contributed by atoms with E-state index in [0.717, 1.165) is 0 Å². The SMILES string of the molecule is CC[C@H](NC(=O)c1ccc(OC(C)=O)cc1)C(N)=O. The summed E-state index contributed by atoms with van der Waals surface area (Å²) in [5.41, 5.74) is 5.50. The third-order valence-electron chi connectivity index (χ3n) is 2.44. The number of rotatable bonds is 5. The molecule has 0 bridgehead atoms. The summed E-state index contributed by atoms with van der Waals surface area (Å²) in [7, 11) is 0. The highest BCUT2D eigenvalue weighted by molar-refractivity contribution is 5.97. The molecule has 0 heterocycles. The lowest BCUT2D eigenvalue weighted by Gasteiger charge is -2.13. The minimum atomic E-state index is -0.694. The number of carbonyl (C=O) groups excluding carboxylic acids is 3. The van der Waals surface area contributed by atoms with Crippen LogP contribution in [0.3, 0.4) is 0 Å². The lowest BCUT2D eigenvalue weighted by Crippen LogP contribution is -2.43. The molecule has 6 nitrogen and oxygen atoms in total. The van der Waals surface area contributed by atoms with Crippen LogP contribution >= 0.6 is 0 Å². The summed E-state index contributed by atoms with van der Waals surface area (Å²) in [4.78, 5) is 33.6. The van der Waals surface area contributed by atoms with E-state index >= 15 is 0 Å².